The van der Waals surface area contributed by atoms with Crippen molar-refractivity contribution in [2.24, 2.45) is 0 Å². The molecule has 1 heterocycles. The zero-order chi connectivity index (χ0) is 14.0. The number of nitrogens with one attached hydrogen (secondary N) is 1. The summed E-state index contributed by atoms with van der Waals surface area (Å²) in [5.41, 5.74) is -0.151. The van der Waals surface area contributed by atoms with Crippen molar-refractivity contribution < 1.29 is 13.2 Å². The number of nitrogens with zero attached hydrogens (tertiary/aromatic N) is 1. The molecule has 0 radical (unpaired) electrons. The molecule has 0 saturated carbocycles. The fourth-order valence-electron chi connectivity index (χ4n) is 2.37. The van der Waals surface area contributed by atoms with E-state index in [4.69, 9.17) is 11.6 Å². The molecule has 0 spiro atoms. The summed E-state index contributed by atoms with van der Waals surface area (Å²) in [6.07, 6.45) is -3.43. The van der Waals surface area contributed by atoms with Crippen LogP contribution >= 0.6 is 11.6 Å². The Morgan fingerprint density at radius 2 is 2.11 bits per heavy atom. The van der Waals surface area contributed by atoms with E-state index in [-0.39, 0.29) is 5.02 Å². The smallest absolute Gasteiger partial charge is 0.370 e. The summed E-state index contributed by atoms with van der Waals surface area (Å²) in [5.74, 6) is 0. The number of benzene rings is 1. The minimum Gasteiger partial charge on any atom is -0.370 e. The summed E-state index contributed by atoms with van der Waals surface area (Å²) in [4.78, 5) is 1.94. The predicted octanol–water partition coefficient (Wildman–Crippen LogP) is 3.55. The van der Waals surface area contributed by atoms with Crippen LogP contribution in [0.1, 0.15) is 18.9 Å². The van der Waals surface area contributed by atoms with Crippen molar-refractivity contribution in [1.82, 2.24) is 5.32 Å². The molecular formula is C13H16ClF3N2. The van der Waals surface area contributed by atoms with Crippen molar-refractivity contribution in [3.8, 4) is 0 Å². The summed E-state index contributed by atoms with van der Waals surface area (Å²) >= 11 is 5.79. The number of anilines is 1. The average Bonchev–Trinajstić information content (AvgIpc) is 2.76. The van der Waals surface area contributed by atoms with Gasteiger partial charge < -0.3 is 10.2 Å². The topological polar surface area (TPSA) is 15.3 Å². The Kier molecular flexibility index (Phi) is 4.26. The van der Waals surface area contributed by atoms with Crippen LogP contribution < -0.4 is 10.2 Å². The second-order valence-electron chi connectivity index (χ2n) is 4.69. The highest BCUT2D eigenvalue weighted by Gasteiger charge is 2.32. The Labute approximate surface area is 115 Å². The lowest BCUT2D eigenvalue weighted by Gasteiger charge is -2.20. The number of alkyl halides is 3. The molecule has 1 N–H and O–H groups in total. The van der Waals surface area contributed by atoms with Gasteiger partial charge in [-0.3, -0.25) is 0 Å². The molecule has 1 unspecified atom stereocenters. The van der Waals surface area contributed by atoms with Crippen LogP contribution in [0.15, 0.2) is 18.2 Å². The number of halogens is 4. The highest BCUT2D eigenvalue weighted by Crippen LogP contribution is 2.35. The lowest BCUT2D eigenvalue weighted by atomic mass is 10.2. The molecule has 1 aromatic rings. The van der Waals surface area contributed by atoms with Crippen LogP contribution in [0.3, 0.4) is 0 Å². The molecule has 6 heteroatoms. The van der Waals surface area contributed by atoms with Crippen LogP contribution in [0.2, 0.25) is 5.02 Å². The van der Waals surface area contributed by atoms with E-state index in [2.05, 4.69) is 5.32 Å². The summed E-state index contributed by atoms with van der Waals surface area (Å²) in [7, 11) is 0. The van der Waals surface area contributed by atoms with E-state index in [0.717, 1.165) is 25.6 Å². The van der Waals surface area contributed by atoms with Crippen molar-refractivity contribution in [3.63, 3.8) is 0 Å². The van der Waals surface area contributed by atoms with Gasteiger partial charge in [-0.2, -0.15) is 13.2 Å². The van der Waals surface area contributed by atoms with Crippen molar-refractivity contribution in [2.75, 3.05) is 24.5 Å². The Morgan fingerprint density at radius 3 is 2.74 bits per heavy atom. The van der Waals surface area contributed by atoms with Crippen LogP contribution in [0, 0.1) is 0 Å². The molecule has 1 saturated heterocycles. The molecule has 1 aliphatic heterocycles. The SMILES string of the molecule is CCNC1CCN(c2cc(Cl)cc(C(F)(F)F)c2)C1. The fraction of sp³-hybridized carbons (Fsp3) is 0.538. The normalized spacial score (nSPS) is 20.1. The molecule has 1 aliphatic rings. The standard InChI is InChI=1S/C13H16ClF3N2/c1-2-18-11-3-4-19(8-11)12-6-9(13(15,16)17)5-10(14)7-12/h5-7,11,18H,2-4,8H2,1H3. The van der Waals surface area contributed by atoms with Crippen molar-refractivity contribution in [2.45, 2.75) is 25.6 Å². The van der Waals surface area contributed by atoms with Gasteiger partial charge in [0.1, 0.15) is 0 Å². The van der Waals surface area contributed by atoms with Gasteiger partial charge in [0.05, 0.1) is 5.56 Å². The Hall–Kier alpha value is -0.940. The van der Waals surface area contributed by atoms with Crippen LogP contribution in [0.5, 0.6) is 0 Å². The first-order valence-corrected chi connectivity index (χ1v) is 6.64. The van der Waals surface area contributed by atoms with Gasteiger partial charge in [0.15, 0.2) is 0 Å². The number of rotatable bonds is 3. The maximum atomic E-state index is 12.7. The summed E-state index contributed by atoms with van der Waals surface area (Å²) in [5, 5.41) is 3.43. The average molecular weight is 293 g/mol. The van der Waals surface area contributed by atoms with Gasteiger partial charge in [-0.15, -0.1) is 0 Å². The lowest BCUT2D eigenvalue weighted by Crippen LogP contribution is -2.32. The molecule has 19 heavy (non-hydrogen) atoms. The van der Waals surface area contributed by atoms with Gasteiger partial charge in [-0.25, -0.2) is 0 Å². The third-order valence-electron chi connectivity index (χ3n) is 3.26. The molecule has 0 amide bonds. The molecule has 0 aliphatic carbocycles. The lowest BCUT2D eigenvalue weighted by molar-refractivity contribution is -0.137. The van der Waals surface area contributed by atoms with E-state index < -0.39 is 11.7 Å². The highest BCUT2D eigenvalue weighted by atomic mass is 35.5. The zero-order valence-corrected chi connectivity index (χ0v) is 11.4. The molecule has 1 atom stereocenters. The minimum absolute atomic E-state index is 0.122. The van der Waals surface area contributed by atoms with Crippen LogP contribution in [0.4, 0.5) is 18.9 Å². The van der Waals surface area contributed by atoms with Crippen molar-refractivity contribution in [1.29, 1.82) is 0 Å². The van der Waals surface area contributed by atoms with E-state index in [9.17, 15) is 13.2 Å². The van der Waals surface area contributed by atoms with Crippen LogP contribution in [-0.4, -0.2) is 25.7 Å². The molecule has 0 bridgehead atoms. The van der Waals surface area contributed by atoms with Gasteiger partial charge in [-0.1, -0.05) is 18.5 Å². The summed E-state index contributed by atoms with van der Waals surface area (Å²) in [6.45, 7) is 4.34. The van der Waals surface area contributed by atoms with E-state index >= 15 is 0 Å². The van der Waals surface area contributed by atoms with Gasteiger partial charge >= 0.3 is 6.18 Å². The minimum atomic E-state index is -4.36. The van der Waals surface area contributed by atoms with E-state index in [0.29, 0.717) is 18.3 Å². The first-order valence-electron chi connectivity index (χ1n) is 6.26. The molecule has 1 fully saturated rings. The maximum absolute atomic E-state index is 12.7. The zero-order valence-electron chi connectivity index (χ0n) is 10.6. The monoisotopic (exact) mass is 292 g/mol. The van der Waals surface area contributed by atoms with Gasteiger partial charge in [0.2, 0.25) is 0 Å². The second-order valence-corrected chi connectivity index (χ2v) is 5.12. The quantitative estimate of drug-likeness (QED) is 0.916. The van der Waals surface area contributed by atoms with Gasteiger partial charge in [0.25, 0.3) is 0 Å². The first kappa shape index (κ1) is 14.5. The molecule has 106 valence electrons. The van der Waals surface area contributed by atoms with E-state index in [1.165, 1.54) is 6.07 Å². The highest BCUT2D eigenvalue weighted by molar-refractivity contribution is 6.30. The third kappa shape index (κ3) is 3.54. The molecule has 1 aromatic carbocycles. The predicted molar refractivity (Wildman–Crippen MR) is 70.7 cm³/mol. The van der Waals surface area contributed by atoms with Crippen molar-refractivity contribution >= 4 is 17.3 Å². The third-order valence-corrected chi connectivity index (χ3v) is 3.47. The second kappa shape index (κ2) is 5.59. The number of hydrogen-bond acceptors (Lipinski definition) is 2. The fourth-order valence-corrected chi connectivity index (χ4v) is 2.60. The summed E-state index contributed by atoms with van der Waals surface area (Å²) < 4.78 is 38.2. The molecular weight excluding hydrogens is 277 g/mol. The van der Waals surface area contributed by atoms with Crippen molar-refractivity contribution in [3.05, 3.63) is 28.8 Å². The Bertz CT molecular complexity index is 448. The summed E-state index contributed by atoms with van der Waals surface area (Å²) in [6, 6.07) is 4.05. The molecule has 0 aromatic heterocycles. The van der Waals surface area contributed by atoms with Crippen LogP contribution in [-0.2, 0) is 6.18 Å². The van der Waals surface area contributed by atoms with Gasteiger partial charge in [0, 0.05) is 29.8 Å². The Balaban J connectivity index is 2.19. The largest absolute Gasteiger partial charge is 0.416 e. The van der Waals surface area contributed by atoms with Crippen LogP contribution in [0.25, 0.3) is 0 Å². The molecule has 2 nitrogen and oxygen atoms in total. The maximum Gasteiger partial charge on any atom is 0.416 e. The molecule has 2 rings (SSSR count). The van der Waals surface area contributed by atoms with Gasteiger partial charge in [-0.05, 0) is 31.2 Å². The number of likely N-dealkylation sites (N-methyl/N-ethyl adjacent to an activating group) is 1. The Morgan fingerprint density at radius 1 is 1.37 bits per heavy atom. The van der Waals surface area contributed by atoms with E-state index in [1.807, 2.05) is 11.8 Å². The van der Waals surface area contributed by atoms with E-state index in [1.54, 1.807) is 6.07 Å². The first-order chi connectivity index (χ1) is 8.90. The number of hydrogen-bond donors (Lipinski definition) is 1.